The van der Waals surface area contributed by atoms with E-state index in [-0.39, 0.29) is 6.61 Å². The van der Waals surface area contributed by atoms with Gasteiger partial charge in [0.25, 0.3) is 0 Å². The Bertz CT molecular complexity index is 940. The molecule has 0 saturated heterocycles. The van der Waals surface area contributed by atoms with Gasteiger partial charge in [0.2, 0.25) is 0 Å². The van der Waals surface area contributed by atoms with Crippen molar-refractivity contribution in [1.29, 1.82) is 0 Å². The number of benzene rings is 3. The second kappa shape index (κ2) is 9.93. The van der Waals surface area contributed by atoms with Crippen LogP contribution in [0, 0.1) is 0 Å². The average Bonchev–Trinajstić information content (AvgIpc) is 2.72. The largest absolute Gasteiger partial charge is 0.354 e. The number of halogens is 2. The second-order valence-electron chi connectivity index (χ2n) is 5.87. The molecule has 8 heteroatoms. The van der Waals surface area contributed by atoms with E-state index in [1.165, 1.54) is 0 Å². The van der Waals surface area contributed by atoms with E-state index in [2.05, 4.69) is 10.6 Å². The monoisotopic (exact) mass is 429 g/mol. The summed E-state index contributed by atoms with van der Waals surface area (Å²) in [5.74, 6) is 0. The van der Waals surface area contributed by atoms with E-state index >= 15 is 0 Å². The van der Waals surface area contributed by atoms with Crippen molar-refractivity contribution in [1.82, 2.24) is 5.06 Å². The fraction of sp³-hybridized carbons (Fsp3) is 0.0476. The molecule has 3 aromatic rings. The number of hydrogen-bond donors (Lipinski definition) is 2. The number of carbonyl (C=O) groups excluding carboxylic acids is 2. The molecule has 0 aliphatic rings. The Balaban J connectivity index is 1.78. The van der Waals surface area contributed by atoms with Crippen molar-refractivity contribution in [3.05, 3.63) is 94.5 Å². The van der Waals surface area contributed by atoms with Crippen LogP contribution in [0.25, 0.3) is 0 Å². The molecule has 0 aromatic heterocycles. The zero-order chi connectivity index (χ0) is 20.6. The summed E-state index contributed by atoms with van der Waals surface area (Å²) in [6.45, 7) is 0.00667. The third-order valence-electron chi connectivity index (χ3n) is 3.80. The first-order valence-corrected chi connectivity index (χ1v) is 9.38. The highest BCUT2D eigenvalue weighted by Gasteiger charge is 2.24. The predicted molar refractivity (Wildman–Crippen MR) is 114 cm³/mol. The van der Waals surface area contributed by atoms with Gasteiger partial charge in [-0.2, -0.15) is 0 Å². The second-order valence-corrected chi connectivity index (χ2v) is 6.69. The van der Waals surface area contributed by atoms with E-state index in [1.807, 2.05) is 30.3 Å². The Morgan fingerprint density at radius 1 is 0.724 bits per heavy atom. The maximum atomic E-state index is 12.7. The van der Waals surface area contributed by atoms with Gasteiger partial charge in [0, 0.05) is 0 Å². The highest BCUT2D eigenvalue weighted by Crippen LogP contribution is 2.23. The predicted octanol–water partition coefficient (Wildman–Crippen LogP) is 6.19. The molecule has 0 atom stereocenters. The molecule has 0 radical (unpaired) electrons. The van der Waals surface area contributed by atoms with E-state index in [9.17, 15) is 9.59 Å². The highest BCUT2D eigenvalue weighted by atomic mass is 35.5. The van der Waals surface area contributed by atoms with Gasteiger partial charge in [-0.25, -0.2) is 9.59 Å². The lowest BCUT2D eigenvalue weighted by molar-refractivity contribution is -0.0827. The molecule has 0 fully saturated rings. The number of urea groups is 2. The Kier molecular flexibility index (Phi) is 7.08. The molecule has 0 aliphatic heterocycles. The number of hydroxylamine groups is 2. The van der Waals surface area contributed by atoms with E-state index in [0.717, 1.165) is 5.56 Å². The SMILES string of the molecule is O=C(Nc1ccccc1Cl)N(OCc1ccccc1)C(=O)Nc1ccccc1Cl. The zero-order valence-electron chi connectivity index (χ0n) is 15.1. The molecular formula is C21H17Cl2N3O3. The molecule has 0 bridgehead atoms. The van der Waals surface area contributed by atoms with Crippen molar-refractivity contribution in [2.75, 3.05) is 10.6 Å². The number of imide groups is 1. The molecule has 148 valence electrons. The maximum Gasteiger partial charge on any atom is 0.354 e. The number of amides is 4. The van der Waals surface area contributed by atoms with Crippen molar-refractivity contribution in [3.63, 3.8) is 0 Å². The van der Waals surface area contributed by atoms with Crippen molar-refractivity contribution in [2.45, 2.75) is 6.61 Å². The van der Waals surface area contributed by atoms with Crippen LogP contribution in [0.3, 0.4) is 0 Å². The summed E-state index contributed by atoms with van der Waals surface area (Å²) in [6.07, 6.45) is 0. The van der Waals surface area contributed by atoms with E-state index in [0.29, 0.717) is 26.5 Å². The lowest BCUT2D eigenvalue weighted by Gasteiger charge is -2.21. The lowest BCUT2D eigenvalue weighted by Crippen LogP contribution is -2.42. The summed E-state index contributed by atoms with van der Waals surface area (Å²) < 4.78 is 0. The normalized spacial score (nSPS) is 10.3. The summed E-state index contributed by atoms with van der Waals surface area (Å²) in [6, 6.07) is 20.9. The Hall–Kier alpha value is -3.06. The van der Waals surface area contributed by atoms with Crippen LogP contribution in [-0.2, 0) is 11.4 Å². The molecule has 0 spiro atoms. The van der Waals surface area contributed by atoms with Crippen LogP contribution in [0.2, 0.25) is 10.0 Å². The van der Waals surface area contributed by atoms with Crippen molar-refractivity contribution >= 4 is 46.6 Å². The van der Waals surface area contributed by atoms with Gasteiger partial charge in [0.15, 0.2) is 0 Å². The number of nitrogens with one attached hydrogen (secondary N) is 2. The van der Waals surface area contributed by atoms with E-state index in [1.54, 1.807) is 48.5 Å². The van der Waals surface area contributed by atoms with Gasteiger partial charge in [-0.15, -0.1) is 5.06 Å². The number of hydrogen-bond acceptors (Lipinski definition) is 3. The molecule has 3 rings (SSSR count). The quantitative estimate of drug-likeness (QED) is 0.474. The first-order valence-electron chi connectivity index (χ1n) is 8.62. The van der Waals surface area contributed by atoms with Gasteiger partial charge in [-0.1, -0.05) is 77.8 Å². The van der Waals surface area contributed by atoms with Gasteiger partial charge in [0.1, 0.15) is 6.61 Å². The molecule has 4 amide bonds. The Morgan fingerprint density at radius 3 is 1.66 bits per heavy atom. The summed E-state index contributed by atoms with van der Waals surface area (Å²) in [5.41, 5.74) is 1.48. The van der Waals surface area contributed by atoms with Crippen LogP contribution in [0.15, 0.2) is 78.9 Å². The van der Waals surface area contributed by atoms with Gasteiger partial charge in [-0.05, 0) is 29.8 Å². The van der Waals surface area contributed by atoms with Gasteiger partial charge >= 0.3 is 12.1 Å². The number of anilines is 2. The minimum atomic E-state index is -0.807. The van der Waals surface area contributed by atoms with Gasteiger partial charge in [-0.3, -0.25) is 4.84 Å². The number of para-hydroxylation sites is 2. The summed E-state index contributed by atoms with van der Waals surface area (Å²) in [7, 11) is 0. The van der Waals surface area contributed by atoms with E-state index < -0.39 is 12.1 Å². The fourth-order valence-corrected chi connectivity index (χ4v) is 2.75. The number of nitrogens with zero attached hydrogens (tertiary/aromatic N) is 1. The minimum absolute atomic E-state index is 0.00667. The Morgan fingerprint density at radius 2 is 1.17 bits per heavy atom. The molecule has 2 N–H and O–H groups in total. The molecular weight excluding hydrogens is 413 g/mol. The zero-order valence-corrected chi connectivity index (χ0v) is 16.7. The maximum absolute atomic E-state index is 12.7. The molecule has 0 heterocycles. The Labute approximate surface area is 177 Å². The molecule has 29 heavy (non-hydrogen) atoms. The highest BCUT2D eigenvalue weighted by molar-refractivity contribution is 6.34. The molecule has 0 aliphatic carbocycles. The van der Waals surface area contributed by atoms with Gasteiger partial charge in [0.05, 0.1) is 21.4 Å². The molecule has 3 aromatic carbocycles. The fourth-order valence-electron chi connectivity index (χ4n) is 2.38. The summed E-state index contributed by atoms with van der Waals surface area (Å²) in [5, 5.41) is 6.38. The van der Waals surface area contributed by atoms with Crippen molar-refractivity contribution in [3.8, 4) is 0 Å². The topological polar surface area (TPSA) is 70.7 Å². The standard InChI is InChI=1S/C21H17Cl2N3O3/c22-16-10-4-6-12-18(16)24-20(27)26(29-14-15-8-2-1-3-9-15)21(28)25-19-13-7-5-11-17(19)23/h1-13H,14H2,(H,24,27)(H,25,28). The smallest absolute Gasteiger partial charge is 0.304 e. The van der Waals surface area contributed by atoms with Crippen LogP contribution in [-0.4, -0.2) is 17.1 Å². The third-order valence-corrected chi connectivity index (χ3v) is 4.46. The van der Waals surface area contributed by atoms with Crippen LogP contribution in [0.5, 0.6) is 0 Å². The molecule has 0 unspecified atom stereocenters. The van der Waals surface area contributed by atoms with Crippen LogP contribution >= 0.6 is 23.2 Å². The van der Waals surface area contributed by atoms with Gasteiger partial charge < -0.3 is 10.6 Å². The molecule has 6 nitrogen and oxygen atoms in total. The third kappa shape index (κ3) is 5.71. The number of carbonyl (C=O) groups is 2. The first-order chi connectivity index (χ1) is 14.0. The summed E-state index contributed by atoms with van der Waals surface area (Å²) >= 11 is 12.2. The average molecular weight is 430 g/mol. The van der Waals surface area contributed by atoms with Crippen molar-refractivity contribution < 1.29 is 14.4 Å². The van der Waals surface area contributed by atoms with Crippen LogP contribution in [0.1, 0.15) is 5.56 Å². The van der Waals surface area contributed by atoms with E-state index in [4.69, 9.17) is 28.0 Å². The minimum Gasteiger partial charge on any atom is -0.304 e. The number of rotatable bonds is 5. The van der Waals surface area contributed by atoms with Crippen LogP contribution < -0.4 is 10.6 Å². The van der Waals surface area contributed by atoms with Crippen LogP contribution in [0.4, 0.5) is 21.0 Å². The molecule has 0 saturated carbocycles. The first kappa shape index (κ1) is 20.7. The van der Waals surface area contributed by atoms with Crippen molar-refractivity contribution in [2.24, 2.45) is 0 Å². The summed E-state index contributed by atoms with van der Waals surface area (Å²) in [4.78, 5) is 31.0. The lowest BCUT2D eigenvalue weighted by atomic mass is 10.2.